The molecule has 0 fully saturated rings. The van der Waals surface area contributed by atoms with E-state index in [1.54, 1.807) is 0 Å². The molecule has 41 heavy (non-hydrogen) atoms. The predicted octanol–water partition coefficient (Wildman–Crippen LogP) is 6.56. The van der Waals surface area contributed by atoms with Crippen molar-refractivity contribution in [3.63, 3.8) is 0 Å². The van der Waals surface area contributed by atoms with Crippen molar-refractivity contribution in [2.75, 3.05) is 18.5 Å². The molecule has 218 valence electrons. The first-order valence-corrected chi connectivity index (χ1v) is 11.7. The number of halogens is 9. The number of aromatic nitrogens is 2. The van der Waals surface area contributed by atoms with Gasteiger partial charge in [-0.15, -0.1) is 13.2 Å². The Bertz CT molecular complexity index is 1430. The summed E-state index contributed by atoms with van der Waals surface area (Å²) < 4.78 is 121. The maximum absolute atomic E-state index is 13.5. The third kappa shape index (κ3) is 7.08. The molecule has 0 bridgehead atoms. The third-order valence-corrected chi connectivity index (χ3v) is 6.02. The molecule has 1 amide bonds. The number of likely N-dealkylation sites (N-methyl/N-ethyl adjacent to an activating group) is 1. The van der Waals surface area contributed by atoms with Crippen LogP contribution in [0.1, 0.15) is 28.7 Å². The van der Waals surface area contributed by atoms with Crippen molar-refractivity contribution in [3.8, 4) is 5.75 Å². The number of anilines is 1. The Balaban J connectivity index is 1.65. The Labute approximate surface area is 226 Å². The molecule has 2 aromatic carbocycles. The van der Waals surface area contributed by atoms with Gasteiger partial charge in [-0.2, -0.15) is 26.3 Å². The highest BCUT2D eigenvalue weighted by atomic mass is 19.4. The number of carbonyl (C=O) groups is 1. The molecule has 0 aliphatic carbocycles. The zero-order valence-corrected chi connectivity index (χ0v) is 20.8. The van der Waals surface area contributed by atoms with Crippen LogP contribution in [0, 0.1) is 0 Å². The molecular formula is C26H19F9N4O2. The second-order valence-electron chi connectivity index (χ2n) is 8.88. The van der Waals surface area contributed by atoms with E-state index in [0.29, 0.717) is 0 Å². The molecule has 0 N–H and O–H groups in total. The van der Waals surface area contributed by atoms with Crippen molar-refractivity contribution in [3.05, 3.63) is 95.2 Å². The van der Waals surface area contributed by atoms with Gasteiger partial charge in [0.05, 0.1) is 11.6 Å². The lowest BCUT2D eigenvalue weighted by atomic mass is 10.1. The first-order chi connectivity index (χ1) is 19.0. The number of nitrogens with zero attached hydrogens (tertiary/aromatic N) is 4. The zero-order chi connectivity index (χ0) is 30.2. The van der Waals surface area contributed by atoms with E-state index in [2.05, 4.69) is 14.7 Å². The Kier molecular flexibility index (Phi) is 7.91. The fourth-order valence-corrected chi connectivity index (χ4v) is 4.14. The van der Waals surface area contributed by atoms with Crippen LogP contribution < -0.4 is 9.64 Å². The minimum Gasteiger partial charge on any atom is -0.406 e. The Morgan fingerprint density at radius 2 is 1.61 bits per heavy atom. The van der Waals surface area contributed by atoms with Crippen LogP contribution in [0.25, 0.3) is 0 Å². The number of benzene rings is 2. The summed E-state index contributed by atoms with van der Waals surface area (Å²) in [6.45, 7) is -0.00329. The van der Waals surface area contributed by atoms with E-state index in [0.717, 1.165) is 47.5 Å². The molecule has 2 heterocycles. The molecule has 6 nitrogen and oxygen atoms in total. The molecule has 0 saturated carbocycles. The van der Waals surface area contributed by atoms with E-state index >= 15 is 0 Å². The highest BCUT2D eigenvalue weighted by molar-refractivity contribution is 6.08. The van der Waals surface area contributed by atoms with E-state index in [1.807, 2.05) is 0 Å². The molecule has 1 atom stereocenters. The number of ether oxygens (including phenoxy) is 1. The van der Waals surface area contributed by atoms with Gasteiger partial charge in [-0.1, -0.05) is 12.1 Å². The fourth-order valence-electron chi connectivity index (χ4n) is 4.14. The summed E-state index contributed by atoms with van der Waals surface area (Å²) in [4.78, 5) is 22.7. The van der Waals surface area contributed by atoms with Gasteiger partial charge in [-0.25, -0.2) is 9.97 Å². The highest BCUT2D eigenvalue weighted by Crippen LogP contribution is 2.39. The van der Waals surface area contributed by atoms with Gasteiger partial charge < -0.3 is 9.64 Å². The van der Waals surface area contributed by atoms with Gasteiger partial charge in [0.25, 0.3) is 5.91 Å². The number of hydrogen-bond donors (Lipinski definition) is 0. The van der Waals surface area contributed by atoms with Crippen LogP contribution >= 0.6 is 0 Å². The zero-order valence-electron chi connectivity index (χ0n) is 20.8. The number of alkyl halides is 9. The van der Waals surface area contributed by atoms with E-state index in [-0.39, 0.29) is 35.6 Å². The van der Waals surface area contributed by atoms with E-state index < -0.39 is 47.8 Å². The van der Waals surface area contributed by atoms with Gasteiger partial charge in [0.1, 0.15) is 11.4 Å². The number of amides is 1. The van der Waals surface area contributed by atoms with Crippen LogP contribution in [0.2, 0.25) is 0 Å². The molecule has 0 unspecified atom stereocenters. The SMILES string of the molecule is CN(CCc1ccnc(C(F)(F)F)n1)C1=C[C@H](c2cccc(OC(F)(F)F)c2)N(c2ccc(C(F)(F)F)cc2)C1=O. The minimum absolute atomic E-state index is 0.00329. The Morgan fingerprint density at radius 1 is 0.927 bits per heavy atom. The van der Waals surface area contributed by atoms with Crippen LogP contribution in [0.3, 0.4) is 0 Å². The summed E-state index contributed by atoms with van der Waals surface area (Å²) in [7, 11) is 1.46. The minimum atomic E-state index is -4.99. The summed E-state index contributed by atoms with van der Waals surface area (Å²) >= 11 is 0. The Hall–Kier alpha value is -4.30. The van der Waals surface area contributed by atoms with Gasteiger partial charge in [0, 0.05) is 37.6 Å². The summed E-state index contributed by atoms with van der Waals surface area (Å²) in [6, 6.07) is 8.62. The standard InChI is InChI=1S/C26H19F9N4O2/c1-38(12-10-17-9-11-36-23(37-17)25(30,31)32)21-14-20(15-3-2-4-19(13-15)41-26(33,34)35)39(22(21)40)18-7-5-16(6-8-18)24(27,28)29/h2-9,11,13-14,20H,10,12H2,1H3/t20-/m1/s1. The maximum atomic E-state index is 13.5. The molecular weight excluding hydrogens is 571 g/mol. The van der Waals surface area contributed by atoms with Crippen molar-refractivity contribution in [2.24, 2.45) is 0 Å². The normalized spacial score (nSPS) is 16.1. The summed E-state index contributed by atoms with van der Waals surface area (Å²) in [6.07, 6.45) is -12.1. The van der Waals surface area contributed by atoms with Gasteiger partial charge in [-0.3, -0.25) is 9.69 Å². The predicted molar refractivity (Wildman–Crippen MR) is 126 cm³/mol. The smallest absolute Gasteiger partial charge is 0.406 e. The van der Waals surface area contributed by atoms with E-state index in [4.69, 9.17) is 0 Å². The summed E-state index contributed by atoms with van der Waals surface area (Å²) in [5, 5.41) is 0. The maximum Gasteiger partial charge on any atom is 0.573 e. The number of rotatable bonds is 7. The van der Waals surface area contributed by atoms with Gasteiger partial charge in [0.15, 0.2) is 0 Å². The molecule has 1 aliphatic rings. The lowest BCUT2D eigenvalue weighted by Gasteiger charge is -2.27. The molecule has 4 rings (SSSR count). The van der Waals surface area contributed by atoms with Crippen molar-refractivity contribution in [1.82, 2.24) is 14.9 Å². The molecule has 0 saturated heterocycles. The topological polar surface area (TPSA) is 58.6 Å². The quantitative estimate of drug-likeness (QED) is 0.292. The second kappa shape index (κ2) is 10.9. The lowest BCUT2D eigenvalue weighted by Crippen LogP contribution is -2.34. The molecule has 1 aliphatic heterocycles. The average molecular weight is 590 g/mol. The van der Waals surface area contributed by atoms with Crippen LogP contribution in [-0.4, -0.2) is 40.7 Å². The van der Waals surface area contributed by atoms with Crippen LogP contribution in [-0.2, 0) is 23.6 Å². The summed E-state index contributed by atoms with van der Waals surface area (Å²) in [5.74, 6) is -2.60. The molecule has 3 aromatic rings. The molecule has 1 aromatic heterocycles. The molecule has 0 radical (unpaired) electrons. The number of hydrogen-bond acceptors (Lipinski definition) is 5. The number of carbonyl (C=O) groups excluding carboxylic acids is 1. The van der Waals surface area contributed by atoms with Crippen LogP contribution in [0.4, 0.5) is 45.2 Å². The first-order valence-electron chi connectivity index (χ1n) is 11.7. The van der Waals surface area contributed by atoms with Gasteiger partial charge in [-0.05, 0) is 54.1 Å². The van der Waals surface area contributed by atoms with E-state index in [9.17, 15) is 44.3 Å². The van der Waals surface area contributed by atoms with Crippen molar-refractivity contribution < 1.29 is 49.0 Å². The summed E-state index contributed by atoms with van der Waals surface area (Å²) in [5.41, 5.74) is -0.728. The largest absolute Gasteiger partial charge is 0.573 e. The monoisotopic (exact) mass is 590 g/mol. The third-order valence-electron chi connectivity index (χ3n) is 6.02. The van der Waals surface area contributed by atoms with Crippen LogP contribution in [0.5, 0.6) is 5.75 Å². The van der Waals surface area contributed by atoms with Gasteiger partial charge in [0.2, 0.25) is 5.82 Å². The lowest BCUT2D eigenvalue weighted by molar-refractivity contribution is -0.274. The van der Waals surface area contributed by atoms with Crippen molar-refractivity contribution >= 4 is 11.6 Å². The molecule has 0 spiro atoms. The van der Waals surface area contributed by atoms with Crippen molar-refractivity contribution in [2.45, 2.75) is 31.2 Å². The average Bonchev–Trinajstić information content (AvgIpc) is 3.23. The van der Waals surface area contributed by atoms with E-state index in [1.165, 1.54) is 36.2 Å². The molecule has 15 heteroatoms. The highest BCUT2D eigenvalue weighted by Gasteiger charge is 2.38. The Morgan fingerprint density at radius 3 is 2.22 bits per heavy atom. The van der Waals surface area contributed by atoms with Crippen molar-refractivity contribution in [1.29, 1.82) is 0 Å². The van der Waals surface area contributed by atoms with Gasteiger partial charge >= 0.3 is 18.7 Å². The fraction of sp³-hybridized carbons (Fsp3) is 0.269. The second-order valence-corrected chi connectivity index (χ2v) is 8.88. The first kappa shape index (κ1) is 29.7. The van der Waals surface area contributed by atoms with Crippen LogP contribution in [0.15, 0.2) is 72.6 Å².